The molecule has 2 aromatic rings. The van der Waals surface area contributed by atoms with Gasteiger partial charge in [-0.05, 0) is 37.6 Å². The Bertz CT molecular complexity index is 1070. The monoisotopic (exact) mass is 509 g/mol. The van der Waals surface area contributed by atoms with Crippen LogP contribution in [0.2, 0.25) is 0 Å². The van der Waals surface area contributed by atoms with Gasteiger partial charge in [0, 0.05) is 39.0 Å². The number of likely N-dealkylation sites (N-methyl/N-ethyl adjacent to an activating group) is 1. The van der Waals surface area contributed by atoms with Crippen molar-refractivity contribution in [3.05, 3.63) is 36.2 Å². The highest BCUT2D eigenvalue weighted by Crippen LogP contribution is 2.22. The van der Waals surface area contributed by atoms with Gasteiger partial charge in [-0.2, -0.15) is 4.31 Å². The van der Waals surface area contributed by atoms with Gasteiger partial charge in [0.05, 0.1) is 49.3 Å². The van der Waals surface area contributed by atoms with Gasteiger partial charge in [-0.15, -0.1) is 5.10 Å². The SMILES string of the molecule is COc1ccc(S(=O)(=O)N(C)C[C@H]2OCc3cnnn3CCCC(=O)N([C@@H](C)CO)C[C@@H]2C)cc1. The van der Waals surface area contributed by atoms with Crippen LogP contribution in [0.5, 0.6) is 5.75 Å². The fourth-order valence-electron chi connectivity index (χ4n) is 4.03. The second kappa shape index (κ2) is 11.9. The molecule has 0 bridgehead atoms. The summed E-state index contributed by atoms with van der Waals surface area (Å²) in [5, 5.41) is 17.8. The van der Waals surface area contributed by atoms with Crippen LogP contribution >= 0.6 is 0 Å². The molecule has 2 heterocycles. The molecule has 0 fully saturated rings. The lowest BCUT2D eigenvalue weighted by atomic mass is 10.0. The molecule has 12 heteroatoms. The number of fused-ring (bicyclic) bond motifs is 1. The number of aliphatic hydroxyl groups excluding tert-OH is 1. The minimum absolute atomic E-state index is 0.0707. The van der Waals surface area contributed by atoms with Gasteiger partial charge >= 0.3 is 0 Å². The maximum absolute atomic E-state index is 13.2. The van der Waals surface area contributed by atoms with Crippen LogP contribution in [0, 0.1) is 5.92 Å². The molecule has 35 heavy (non-hydrogen) atoms. The van der Waals surface area contributed by atoms with Crippen molar-refractivity contribution in [3.63, 3.8) is 0 Å². The van der Waals surface area contributed by atoms with Gasteiger partial charge in [0.25, 0.3) is 0 Å². The molecule has 3 atom stereocenters. The average Bonchev–Trinajstić information content (AvgIpc) is 3.30. The first-order valence-corrected chi connectivity index (χ1v) is 13.1. The Kier molecular flexibility index (Phi) is 9.22. The second-order valence-electron chi connectivity index (χ2n) is 8.92. The van der Waals surface area contributed by atoms with Gasteiger partial charge in [-0.3, -0.25) is 4.79 Å². The fourth-order valence-corrected chi connectivity index (χ4v) is 5.21. The minimum Gasteiger partial charge on any atom is -0.497 e. The van der Waals surface area contributed by atoms with Gasteiger partial charge in [-0.1, -0.05) is 12.1 Å². The van der Waals surface area contributed by atoms with E-state index in [4.69, 9.17) is 9.47 Å². The van der Waals surface area contributed by atoms with E-state index < -0.39 is 16.1 Å². The Morgan fingerprint density at radius 3 is 2.69 bits per heavy atom. The Morgan fingerprint density at radius 2 is 2.03 bits per heavy atom. The fraction of sp³-hybridized carbons (Fsp3) is 0.609. The molecule has 1 aromatic heterocycles. The average molecular weight is 510 g/mol. The van der Waals surface area contributed by atoms with Crippen LogP contribution in [0.1, 0.15) is 32.4 Å². The van der Waals surface area contributed by atoms with Crippen molar-refractivity contribution >= 4 is 15.9 Å². The molecule has 1 amide bonds. The predicted octanol–water partition coefficient (Wildman–Crippen LogP) is 1.13. The number of carbonyl (C=O) groups excluding carboxylic acids is 1. The number of benzene rings is 1. The highest BCUT2D eigenvalue weighted by Gasteiger charge is 2.31. The van der Waals surface area contributed by atoms with E-state index in [2.05, 4.69) is 10.3 Å². The third kappa shape index (κ3) is 6.57. The Hall–Kier alpha value is -2.54. The molecule has 0 radical (unpaired) electrons. The topological polar surface area (TPSA) is 127 Å². The van der Waals surface area contributed by atoms with Crippen molar-refractivity contribution in [2.75, 3.05) is 33.9 Å². The number of carbonyl (C=O) groups is 1. The molecule has 1 aromatic carbocycles. The van der Waals surface area contributed by atoms with Crippen LogP contribution in [0.4, 0.5) is 0 Å². The van der Waals surface area contributed by atoms with E-state index in [1.807, 2.05) is 6.92 Å². The van der Waals surface area contributed by atoms with Crippen molar-refractivity contribution in [2.24, 2.45) is 5.92 Å². The zero-order valence-electron chi connectivity index (χ0n) is 20.7. The molecule has 0 saturated carbocycles. The number of aryl methyl sites for hydroxylation is 1. The van der Waals surface area contributed by atoms with Crippen molar-refractivity contribution in [3.8, 4) is 5.75 Å². The number of methoxy groups -OCH3 is 1. The zero-order valence-corrected chi connectivity index (χ0v) is 21.5. The van der Waals surface area contributed by atoms with Crippen LogP contribution < -0.4 is 4.74 Å². The Balaban J connectivity index is 1.86. The second-order valence-corrected chi connectivity index (χ2v) is 11.0. The summed E-state index contributed by atoms with van der Waals surface area (Å²) in [5.74, 6) is 0.277. The van der Waals surface area contributed by atoms with E-state index in [9.17, 15) is 18.3 Å². The van der Waals surface area contributed by atoms with Gasteiger partial charge in [0.15, 0.2) is 0 Å². The third-order valence-corrected chi connectivity index (χ3v) is 8.18. The summed E-state index contributed by atoms with van der Waals surface area (Å²) in [6, 6.07) is 5.84. The number of hydrogen-bond donors (Lipinski definition) is 1. The van der Waals surface area contributed by atoms with Crippen molar-refractivity contribution < 1.29 is 27.8 Å². The van der Waals surface area contributed by atoms with Gasteiger partial charge in [0.1, 0.15) is 5.75 Å². The molecule has 194 valence electrons. The molecular formula is C23H35N5O6S. The number of sulfonamides is 1. The maximum Gasteiger partial charge on any atom is 0.242 e. The molecule has 0 spiro atoms. The summed E-state index contributed by atoms with van der Waals surface area (Å²) < 4.78 is 40.8. The molecule has 11 nitrogen and oxygen atoms in total. The van der Waals surface area contributed by atoms with Crippen molar-refractivity contribution in [2.45, 2.75) is 56.9 Å². The number of amides is 1. The van der Waals surface area contributed by atoms with Crippen molar-refractivity contribution in [1.82, 2.24) is 24.2 Å². The summed E-state index contributed by atoms with van der Waals surface area (Å²) in [6.07, 6.45) is 1.99. The Morgan fingerprint density at radius 1 is 1.31 bits per heavy atom. The van der Waals surface area contributed by atoms with Gasteiger partial charge < -0.3 is 19.5 Å². The number of ether oxygens (including phenoxy) is 2. The molecular weight excluding hydrogens is 474 g/mol. The standard InChI is InChI=1S/C23H35N5O6S/c1-17-13-27(18(2)15-29)23(30)6-5-11-28-19(12-24-25-28)16-34-22(17)14-26(3)35(31,32)21-9-7-20(33-4)8-10-21/h7-10,12,17-18,22,29H,5-6,11,13-16H2,1-4H3/t17-,18-,22+/m0/s1. The number of hydrogen-bond acceptors (Lipinski definition) is 8. The number of rotatable bonds is 7. The summed E-state index contributed by atoms with van der Waals surface area (Å²) >= 11 is 0. The van der Waals surface area contributed by atoms with Crippen LogP contribution in [0.3, 0.4) is 0 Å². The van der Waals surface area contributed by atoms with Crippen LogP contribution in [-0.4, -0.2) is 89.6 Å². The highest BCUT2D eigenvalue weighted by atomic mass is 32.2. The van der Waals surface area contributed by atoms with Gasteiger partial charge in [-0.25, -0.2) is 13.1 Å². The molecule has 0 aliphatic carbocycles. The highest BCUT2D eigenvalue weighted by molar-refractivity contribution is 7.89. The van der Waals surface area contributed by atoms with Crippen molar-refractivity contribution in [1.29, 1.82) is 0 Å². The van der Waals surface area contributed by atoms with Crippen LogP contribution in [-0.2, 0) is 32.7 Å². The Labute approximate surface area is 206 Å². The minimum atomic E-state index is -3.78. The van der Waals surface area contributed by atoms with Gasteiger partial charge in [0.2, 0.25) is 15.9 Å². The number of aliphatic hydroxyl groups is 1. The lowest BCUT2D eigenvalue weighted by molar-refractivity contribution is -0.136. The number of nitrogens with zero attached hydrogens (tertiary/aromatic N) is 5. The molecule has 1 aliphatic heterocycles. The third-order valence-electron chi connectivity index (χ3n) is 6.34. The van der Waals surface area contributed by atoms with E-state index in [1.54, 1.807) is 34.8 Å². The zero-order chi connectivity index (χ0) is 25.6. The summed E-state index contributed by atoms with van der Waals surface area (Å²) in [4.78, 5) is 14.8. The lowest BCUT2D eigenvalue weighted by Crippen LogP contribution is -2.47. The van der Waals surface area contributed by atoms with E-state index in [0.29, 0.717) is 31.7 Å². The predicted molar refractivity (Wildman–Crippen MR) is 128 cm³/mol. The van der Waals surface area contributed by atoms with E-state index >= 15 is 0 Å². The largest absolute Gasteiger partial charge is 0.497 e. The smallest absolute Gasteiger partial charge is 0.242 e. The van der Waals surface area contributed by atoms with Crippen LogP contribution in [0.15, 0.2) is 35.4 Å². The van der Waals surface area contributed by atoms with Crippen LogP contribution in [0.25, 0.3) is 0 Å². The van der Waals surface area contributed by atoms with E-state index in [-0.39, 0.29) is 42.5 Å². The summed E-state index contributed by atoms with van der Waals surface area (Å²) in [7, 11) is -0.755. The van der Waals surface area contributed by atoms with E-state index in [1.165, 1.54) is 30.6 Å². The first-order valence-electron chi connectivity index (χ1n) is 11.7. The summed E-state index contributed by atoms with van der Waals surface area (Å²) in [5.41, 5.74) is 0.761. The molecule has 3 rings (SSSR count). The normalized spacial score (nSPS) is 21.2. The first-order chi connectivity index (χ1) is 16.7. The molecule has 0 saturated heterocycles. The number of aromatic nitrogens is 3. The maximum atomic E-state index is 13.2. The lowest BCUT2D eigenvalue weighted by Gasteiger charge is -2.35. The molecule has 1 aliphatic rings. The van der Waals surface area contributed by atoms with E-state index in [0.717, 1.165) is 5.69 Å². The quantitative estimate of drug-likeness (QED) is 0.589. The molecule has 0 unspecified atom stereocenters. The summed E-state index contributed by atoms with van der Waals surface area (Å²) in [6.45, 7) is 4.68. The molecule has 1 N–H and O–H groups in total. The first kappa shape index (κ1) is 27.1.